The number of fused-ring (bicyclic) bond motifs is 1. The minimum absolute atomic E-state index is 0. The topological polar surface area (TPSA) is 3.24 Å². The average molecular weight is 358 g/mol. The van der Waals surface area contributed by atoms with Crippen molar-refractivity contribution in [1.29, 1.82) is 0 Å². The van der Waals surface area contributed by atoms with Gasteiger partial charge in [-0.2, -0.15) is 0 Å². The Morgan fingerprint density at radius 1 is 0.880 bits per heavy atom. The Kier molecular flexibility index (Phi) is 7.99. The van der Waals surface area contributed by atoms with Gasteiger partial charge in [0.15, 0.2) is 0 Å². The highest BCUT2D eigenvalue weighted by molar-refractivity contribution is 5.85. The summed E-state index contributed by atoms with van der Waals surface area (Å²) in [6.07, 6.45) is 5.11. The molecule has 1 nitrogen and oxygen atoms in total. The molecule has 25 heavy (non-hydrogen) atoms. The summed E-state index contributed by atoms with van der Waals surface area (Å²) < 4.78 is 0. The van der Waals surface area contributed by atoms with Crippen molar-refractivity contribution in [3.63, 3.8) is 0 Å². The molecule has 2 aromatic rings. The lowest BCUT2D eigenvalue weighted by Crippen LogP contribution is -2.25. The van der Waals surface area contributed by atoms with Crippen LogP contribution in [0.1, 0.15) is 49.3 Å². The molecule has 2 aromatic carbocycles. The van der Waals surface area contributed by atoms with E-state index >= 15 is 0 Å². The zero-order valence-electron chi connectivity index (χ0n) is 15.7. The first-order valence-corrected chi connectivity index (χ1v) is 9.65. The van der Waals surface area contributed by atoms with E-state index in [1.165, 1.54) is 50.9 Å². The second-order valence-corrected chi connectivity index (χ2v) is 7.12. The molecule has 0 radical (unpaired) electrons. The Morgan fingerprint density at radius 3 is 2.00 bits per heavy atom. The molecule has 2 heteroatoms. The van der Waals surface area contributed by atoms with E-state index in [0.29, 0.717) is 5.92 Å². The third-order valence-electron chi connectivity index (χ3n) is 5.76. The number of rotatable bonds is 8. The molecule has 0 amide bonds. The highest BCUT2D eigenvalue weighted by Crippen LogP contribution is 2.39. The van der Waals surface area contributed by atoms with Crippen molar-refractivity contribution in [2.45, 2.75) is 45.4 Å². The molecule has 136 valence electrons. The fraction of sp³-hybridized carbons (Fsp3) is 0.478. The van der Waals surface area contributed by atoms with Gasteiger partial charge in [0.2, 0.25) is 0 Å². The molecule has 0 aliphatic heterocycles. The average Bonchev–Trinajstić information content (AvgIpc) is 3.06. The van der Waals surface area contributed by atoms with E-state index in [9.17, 15) is 0 Å². The molecule has 0 spiro atoms. The third-order valence-corrected chi connectivity index (χ3v) is 5.76. The van der Waals surface area contributed by atoms with Gasteiger partial charge in [0, 0.05) is 0 Å². The van der Waals surface area contributed by atoms with E-state index in [1.807, 2.05) is 0 Å². The van der Waals surface area contributed by atoms with Gasteiger partial charge in [0.25, 0.3) is 0 Å². The van der Waals surface area contributed by atoms with E-state index < -0.39 is 0 Å². The van der Waals surface area contributed by atoms with Crippen molar-refractivity contribution >= 4 is 12.4 Å². The third kappa shape index (κ3) is 5.09. The second-order valence-electron chi connectivity index (χ2n) is 7.12. The number of halogens is 1. The standard InChI is InChI=1S/C23H31N.ClH/c1-3-24(4-2)16-10-15-23(19-11-6-5-7-12-19)22-17-20-13-8-9-14-21(20)18-22;/h5-9,11-14,22-23H,3-4,10,15-18H2,1-2H3;1H. The quantitative estimate of drug-likeness (QED) is 0.583. The zero-order chi connectivity index (χ0) is 16.8. The van der Waals surface area contributed by atoms with Crippen LogP contribution in [0.25, 0.3) is 0 Å². The van der Waals surface area contributed by atoms with Gasteiger partial charge in [-0.25, -0.2) is 0 Å². The lowest BCUT2D eigenvalue weighted by Gasteiger charge is -2.26. The smallest absolute Gasteiger partial charge is 0.00188 e. The molecule has 3 rings (SSSR count). The predicted molar refractivity (Wildman–Crippen MR) is 111 cm³/mol. The lowest BCUT2D eigenvalue weighted by atomic mass is 9.81. The molecule has 0 saturated heterocycles. The van der Waals surface area contributed by atoms with Crippen LogP contribution >= 0.6 is 12.4 Å². The summed E-state index contributed by atoms with van der Waals surface area (Å²) in [5.74, 6) is 1.45. The maximum absolute atomic E-state index is 2.55. The van der Waals surface area contributed by atoms with Crippen molar-refractivity contribution in [2.24, 2.45) is 5.92 Å². The van der Waals surface area contributed by atoms with Crippen LogP contribution in [0.3, 0.4) is 0 Å². The Hall–Kier alpha value is -1.31. The molecule has 0 saturated carbocycles. The van der Waals surface area contributed by atoms with Gasteiger partial charge in [-0.15, -0.1) is 12.4 Å². The van der Waals surface area contributed by atoms with Gasteiger partial charge in [-0.1, -0.05) is 68.4 Å². The maximum Gasteiger partial charge on any atom is -0.00188 e. The summed E-state index contributed by atoms with van der Waals surface area (Å²) in [6, 6.07) is 20.3. The van der Waals surface area contributed by atoms with Gasteiger partial charge in [-0.3, -0.25) is 0 Å². The Balaban J connectivity index is 0.00000225. The van der Waals surface area contributed by atoms with Gasteiger partial charge < -0.3 is 4.90 Å². The summed E-state index contributed by atoms with van der Waals surface area (Å²) in [6.45, 7) is 8.11. The van der Waals surface area contributed by atoms with Crippen LogP contribution in [0.4, 0.5) is 0 Å². The van der Waals surface area contributed by atoms with Crippen LogP contribution in [-0.2, 0) is 12.8 Å². The molecule has 0 heterocycles. The molecule has 1 unspecified atom stereocenters. The molecule has 1 aliphatic rings. The summed E-state index contributed by atoms with van der Waals surface area (Å²) in [5.41, 5.74) is 4.69. The van der Waals surface area contributed by atoms with E-state index in [4.69, 9.17) is 0 Å². The second kappa shape index (κ2) is 9.99. The highest BCUT2D eigenvalue weighted by atomic mass is 35.5. The van der Waals surface area contributed by atoms with Crippen LogP contribution < -0.4 is 0 Å². The van der Waals surface area contributed by atoms with Gasteiger partial charge in [-0.05, 0) is 73.8 Å². The van der Waals surface area contributed by atoms with Crippen molar-refractivity contribution in [3.8, 4) is 0 Å². The normalized spacial score (nSPS) is 15.0. The molecule has 1 aliphatic carbocycles. The lowest BCUT2D eigenvalue weighted by molar-refractivity contribution is 0.284. The first-order chi connectivity index (χ1) is 11.8. The van der Waals surface area contributed by atoms with Crippen LogP contribution in [0, 0.1) is 5.92 Å². The molecule has 0 fully saturated rings. The number of hydrogen-bond donors (Lipinski definition) is 0. The summed E-state index contributed by atoms with van der Waals surface area (Å²) in [4.78, 5) is 2.55. The minimum Gasteiger partial charge on any atom is -0.304 e. The number of nitrogens with zero attached hydrogens (tertiary/aromatic N) is 1. The van der Waals surface area contributed by atoms with Crippen molar-refractivity contribution in [3.05, 3.63) is 71.3 Å². The number of benzene rings is 2. The van der Waals surface area contributed by atoms with Crippen LogP contribution in [0.2, 0.25) is 0 Å². The SMILES string of the molecule is CCN(CC)CCCC(c1ccccc1)C1Cc2ccccc2C1.Cl. The van der Waals surface area contributed by atoms with Crippen LogP contribution in [0.15, 0.2) is 54.6 Å². The molecule has 1 atom stereocenters. The van der Waals surface area contributed by atoms with Crippen molar-refractivity contribution in [1.82, 2.24) is 4.90 Å². The molecule has 0 aromatic heterocycles. The summed E-state index contributed by atoms with van der Waals surface area (Å²) in [5, 5.41) is 0. The summed E-state index contributed by atoms with van der Waals surface area (Å²) >= 11 is 0. The van der Waals surface area contributed by atoms with Gasteiger partial charge in [0.05, 0.1) is 0 Å². The monoisotopic (exact) mass is 357 g/mol. The van der Waals surface area contributed by atoms with Crippen LogP contribution in [-0.4, -0.2) is 24.5 Å². The van der Waals surface area contributed by atoms with E-state index in [2.05, 4.69) is 73.3 Å². The first-order valence-electron chi connectivity index (χ1n) is 9.65. The van der Waals surface area contributed by atoms with E-state index in [1.54, 1.807) is 11.1 Å². The largest absolute Gasteiger partial charge is 0.304 e. The van der Waals surface area contributed by atoms with E-state index in [-0.39, 0.29) is 12.4 Å². The molecule has 0 bridgehead atoms. The Bertz CT molecular complexity index is 596. The first kappa shape index (κ1) is 20.0. The van der Waals surface area contributed by atoms with Gasteiger partial charge in [0.1, 0.15) is 0 Å². The maximum atomic E-state index is 2.55. The zero-order valence-corrected chi connectivity index (χ0v) is 16.5. The van der Waals surface area contributed by atoms with Crippen molar-refractivity contribution < 1.29 is 0 Å². The molecule has 0 N–H and O–H groups in total. The van der Waals surface area contributed by atoms with Crippen molar-refractivity contribution in [2.75, 3.05) is 19.6 Å². The highest BCUT2D eigenvalue weighted by Gasteiger charge is 2.29. The summed E-state index contributed by atoms with van der Waals surface area (Å²) in [7, 11) is 0. The fourth-order valence-corrected chi connectivity index (χ4v) is 4.33. The van der Waals surface area contributed by atoms with Gasteiger partial charge >= 0.3 is 0 Å². The number of hydrogen-bond acceptors (Lipinski definition) is 1. The Morgan fingerprint density at radius 2 is 1.44 bits per heavy atom. The van der Waals surface area contributed by atoms with E-state index in [0.717, 1.165) is 5.92 Å². The minimum atomic E-state index is 0. The Labute approximate surface area is 159 Å². The van der Waals surface area contributed by atoms with Crippen LogP contribution in [0.5, 0.6) is 0 Å². The predicted octanol–water partition coefficient (Wildman–Crippen LogP) is 5.73. The molecular formula is C23H32ClN. The fourth-order valence-electron chi connectivity index (χ4n) is 4.33. The molecular weight excluding hydrogens is 326 g/mol.